The van der Waals surface area contributed by atoms with Gasteiger partial charge in [0.15, 0.2) is 11.5 Å². The van der Waals surface area contributed by atoms with E-state index in [-0.39, 0.29) is 0 Å². The molecule has 1 aliphatic heterocycles. The third kappa shape index (κ3) is 3.41. The normalized spacial score (nSPS) is 13.2. The zero-order valence-electron chi connectivity index (χ0n) is 14.1. The lowest BCUT2D eigenvalue weighted by atomic mass is 9.91. The largest absolute Gasteiger partial charge is 0.493 e. The summed E-state index contributed by atoms with van der Waals surface area (Å²) >= 11 is 5.94. The predicted molar refractivity (Wildman–Crippen MR) is 99.2 cm³/mol. The number of ether oxygens (including phenoxy) is 2. The van der Waals surface area contributed by atoms with Gasteiger partial charge in [-0.15, -0.1) is 11.6 Å². The molecule has 1 heterocycles. The second-order valence-corrected chi connectivity index (χ2v) is 6.21. The highest BCUT2D eigenvalue weighted by Crippen LogP contribution is 2.33. The Hall–Kier alpha value is -2.00. The number of aliphatic imine (C=N–C) groups is 1. The molecule has 0 unspecified atom stereocenters. The molecule has 4 heteroatoms. The molecule has 2 aromatic rings. The van der Waals surface area contributed by atoms with Crippen molar-refractivity contribution in [2.45, 2.75) is 19.3 Å². The molecule has 0 aliphatic carbocycles. The fraction of sp³-hybridized carbons (Fsp3) is 0.350. The molecule has 0 bridgehead atoms. The van der Waals surface area contributed by atoms with E-state index in [1.165, 1.54) is 22.3 Å². The quantitative estimate of drug-likeness (QED) is 0.740. The Kier molecular flexibility index (Phi) is 5.41. The smallest absolute Gasteiger partial charge is 0.161 e. The molecule has 1 aliphatic rings. The standard InChI is InChI=1S/C20H22ClNO2/c1-23-19-12-16-8-10-22-18(17(16)13-20(19)24-2)11-15-6-4-3-5-14(15)7-9-21/h3-6,12-13H,7-11H2,1-2H3. The number of nitrogens with zero attached hydrogens (tertiary/aromatic N) is 1. The van der Waals surface area contributed by atoms with E-state index in [2.05, 4.69) is 36.4 Å². The van der Waals surface area contributed by atoms with E-state index in [9.17, 15) is 0 Å². The lowest BCUT2D eigenvalue weighted by molar-refractivity contribution is 0.354. The summed E-state index contributed by atoms with van der Waals surface area (Å²) in [5.41, 5.74) is 6.13. The van der Waals surface area contributed by atoms with Gasteiger partial charge in [0.2, 0.25) is 0 Å². The summed E-state index contributed by atoms with van der Waals surface area (Å²) in [7, 11) is 3.34. The van der Waals surface area contributed by atoms with Crippen LogP contribution in [0.2, 0.25) is 0 Å². The maximum atomic E-state index is 5.94. The first kappa shape index (κ1) is 16.8. The highest BCUT2D eigenvalue weighted by atomic mass is 35.5. The van der Waals surface area contributed by atoms with E-state index in [1.807, 2.05) is 0 Å². The van der Waals surface area contributed by atoms with Crippen molar-refractivity contribution in [1.29, 1.82) is 0 Å². The van der Waals surface area contributed by atoms with Gasteiger partial charge in [0.25, 0.3) is 0 Å². The van der Waals surface area contributed by atoms with Crippen molar-refractivity contribution >= 4 is 17.3 Å². The average molecular weight is 344 g/mol. The number of aryl methyl sites for hydroxylation is 1. The van der Waals surface area contributed by atoms with E-state index in [0.717, 1.165) is 43.0 Å². The lowest BCUT2D eigenvalue weighted by Gasteiger charge is -2.20. The molecule has 0 spiro atoms. The Morgan fingerprint density at radius 1 is 1.04 bits per heavy atom. The first-order valence-electron chi connectivity index (χ1n) is 8.18. The van der Waals surface area contributed by atoms with Crippen LogP contribution in [-0.4, -0.2) is 32.4 Å². The zero-order valence-corrected chi connectivity index (χ0v) is 14.9. The highest BCUT2D eigenvalue weighted by molar-refractivity contribution is 6.18. The third-order valence-electron chi connectivity index (χ3n) is 4.44. The van der Waals surface area contributed by atoms with Gasteiger partial charge in [-0.2, -0.15) is 0 Å². The molecule has 0 aromatic heterocycles. The number of benzene rings is 2. The van der Waals surface area contributed by atoms with Crippen LogP contribution in [0.4, 0.5) is 0 Å². The fourth-order valence-electron chi connectivity index (χ4n) is 3.20. The minimum Gasteiger partial charge on any atom is -0.493 e. The number of methoxy groups -OCH3 is 2. The second-order valence-electron chi connectivity index (χ2n) is 5.83. The Balaban J connectivity index is 1.96. The SMILES string of the molecule is COc1cc2c(cc1OC)C(Cc1ccccc1CCCl)=NCC2. The maximum absolute atomic E-state index is 5.94. The van der Waals surface area contributed by atoms with Crippen LogP contribution in [0.3, 0.4) is 0 Å². The van der Waals surface area contributed by atoms with Gasteiger partial charge in [0.05, 0.1) is 14.2 Å². The number of halogens is 1. The molecule has 0 radical (unpaired) electrons. The van der Waals surface area contributed by atoms with E-state index < -0.39 is 0 Å². The lowest BCUT2D eigenvalue weighted by Crippen LogP contribution is -2.16. The van der Waals surface area contributed by atoms with E-state index in [4.69, 9.17) is 26.1 Å². The molecule has 0 N–H and O–H groups in total. The summed E-state index contributed by atoms with van der Waals surface area (Å²) in [6.45, 7) is 0.815. The molecule has 0 fully saturated rings. The maximum Gasteiger partial charge on any atom is 0.161 e. The highest BCUT2D eigenvalue weighted by Gasteiger charge is 2.19. The van der Waals surface area contributed by atoms with Crippen molar-refractivity contribution in [3.8, 4) is 11.5 Å². The first-order valence-corrected chi connectivity index (χ1v) is 8.71. The van der Waals surface area contributed by atoms with Crippen molar-refractivity contribution in [1.82, 2.24) is 0 Å². The predicted octanol–water partition coefficient (Wildman–Crippen LogP) is 4.07. The molecule has 3 nitrogen and oxygen atoms in total. The van der Waals surface area contributed by atoms with Gasteiger partial charge in [-0.1, -0.05) is 24.3 Å². The van der Waals surface area contributed by atoms with E-state index >= 15 is 0 Å². The number of alkyl halides is 1. The van der Waals surface area contributed by atoms with E-state index in [0.29, 0.717) is 5.88 Å². The number of hydrogen-bond donors (Lipinski definition) is 0. The molecule has 0 saturated carbocycles. The summed E-state index contributed by atoms with van der Waals surface area (Å²) < 4.78 is 10.9. The minimum atomic E-state index is 0.630. The van der Waals surface area contributed by atoms with Crippen LogP contribution in [-0.2, 0) is 19.3 Å². The molecule has 126 valence electrons. The van der Waals surface area contributed by atoms with Crippen molar-refractivity contribution in [2.75, 3.05) is 26.6 Å². The Labute approximate surface area is 148 Å². The summed E-state index contributed by atoms with van der Waals surface area (Å²) in [5.74, 6) is 2.16. The van der Waals surface area contributed by atoms with Crippen molar-refractivity contribution in [2.24, 2.45) is 4.99 Å². The molecule has 24 heavy (non-hydrogen) atoms. The summed E-state index contributed by atoms with van der Waals surface area (Å²) in [4.78, 5) is 4.79. The summed E-state index contributed by atoms with van der Waals surface area (Å²) in [5, 5.41) is 0. The van der Waals surface area contributed by atoms with Gasteiger partial charge >= 0.3 is 0 Å². The Morgan fingerprint density at radius 3 is 2.46 bits per heavy atom. The third-order valence-corrected chi connectivity index (χ3v) is 4.63. The van der Waals surface area contributed by atoms with Crippen LogP contribution in [0.5, 0.6) is 11.5 Å². The molecular weight excluding hydrogens is 322 g/mol. The number of fused-ring (bicyclic) bond motifs is 1. The minimum absolute atomic E-state index is 0.630. The van der Waals surface area contributed by atoms with Gasteiger partial charge < -0.3 is 9.47 Å². The Bertz CT molecular complexity index is 755. The van der Waals surface area contributed by atoms with Crippen LogP contribution < -0.4 is 9.47 Å². The molecule has 0 atom stereocenters. The van der Waals surface area contributed by atoms with Gasteiger partial charge in [-0.25, -0.2) is 0 Å². The number of rotatable bonds is 6. The monoisotopic (exact) mass is 343 g/mol. The summed E-state index contributed by atoms with van der Waals surface area (Å²) in [6.07, 6.45) is 2.63. The molecule has 0 saturated heterocycles. The fourth-order valence-corrected chi connectivity index (χ4v) is 3.40. The van der Waals surface area contributed by atoms with Crippen molar-refractivity contribution in [3.63, 3.8) is 0 Å². The average Bonchev–Trinajstić information content (AvgIpc) is 2.62. The molecule has 0 amide bonds. The molecule has 2 aromatic carbocycles. The van der Waals surface area contributed by atoms with Gasteiger partial charge in [-0.3, -0.25) is 4.99 Å². The van der Waals surface area contributed by atoms with Gasteiger partial charge in [-0.05, 0) is 41.7 Å². The molecular formula is C20H22ClNO2. The van der Waals surface area contributed by atoms with Crippen LogP contribution in [0.1, 0.15) is 22.3 Å². The van der Waals surface area contributed by atoms with Gasteiger partial charge in [0, 0.05) is 30.1 Å². The van der Waals surface area contributed by atoms with Crippen LogP contribution >= 0.6 is 11.6 Å². The van der Waals surface area contributed by atoms with Crippen LogP contribution in [0.15, 0.2) is 41.4 Å². The van der Waals surface area contributed by atoms with Gasteiger partial charge in [0.1, 0.15) is 0 Å². The number of hydrogen-bond acceptors (Lipinski definition) is 3. The summed E-state index contributed by atoms with van der Waals surface area (Å²) in [6, 6.07) is 12.6. The van der Waals surface area contributed by atoms with Crippen LogP contribution in [0, 0.1) is 0 Å². The van der Waals surface area contributed by atoms with Crippen molar-refractivity contribution < 1.29 is 9.47 Å². The Morgan fingerprint density at radius 2 is 1.75 bits per heavy atom. The zero-order chi connectivity index (χ0) is 16.9. The topological polar surface area (TPSA) is 30.8 Å². The second kappa shape index (κ2) is 7.71. The van der Waals surface area contributed by atoms with E-state index in [1.54, 1.807) is 14.2 Å². The van der Waals surface area contributed by atoms with Crippen LogP contribution in [0.25, 0.3) is 0 Å². The molecule has 3 rings (SSSR count). The first-order chi connectivity index (χ1) is 11.8. The van der Waals surface area contributed by atoms with Crippen molar-refractivity contribution in [3.05, 3.63) is 58.7 Å².